The summed E-state index contributed by atoms with van der Waals surface area (Å²) in [5.41, 5.74) is 1.68. The summed E-state index contributed by atoms with van der Waals surface area (Å²) in [4.78, 5) is 13.3. The summed E-state index contributed by atoms with van der Waals surface area (Å²) in [7, 11) is 0. The zero-order valence-electron chi connectivity index (χ0n) is 12.1. The molecule has 0 aliphatic rings. The van der Waals surface area contributed by atoms with Gasteiger partial charge in [-0.1, -0.05) is 39.3 Å². The molecule has 0 atom stereocenters. The van der Waals surface area contributed by atoms with Crippen molar-refractivity contribution in [3.63, 3.8) is 0 Å². The van der Waals surface area contributed by atoms with E-state index in [0.29, 0.717) is 11.0 Å². The van der Waals surface area contributed by atoms with Gasteiger partial charge in [0.2, 0.25) is 0 Å². The molecule has 0 bridgehead atoms. The Balaban J connectivity index is 2.58. The van der Waals surface area contributed by atoms with Gasteiger partial charge in [0, 0.05) is 12.0 Å². The largest absolute Gasteiger partial charge is 0.328 e. The topological polar surface area (TPSA) is 43.6 Å². The van der Waals surface area contributed by atoms with Crippen molar-refractivity contribution < 1.29 is 0 Å². The third-order valence-electron chi connectivity index (χ3n) is 2.93. The number of aryl methyl sites for hydroxylation is 1. The zero-order valence-corrected chi connectivity index (χ0v) is 14.5. The fourth-order valence-corrected chi connectivity index (χ4v) is 2.90. The van der Waals surface area contributed by atoms with Crippen LogP contribution < -0.4 is 0 Å². The lowest BCUT2D eigenvalue weighted by Gasteiger charge is -2.20. The standard InChI is InChI=1S/C14H18BrClN4/c1-5-6-20-8-17-7-9(20)13-18-11(14(2,3)4)10(15)12(16)19-13/h7-8H,5-6H2,1-4H3. The van der Waals surface area contributed by atoms with Crippen LogP contribution in [0.15, 0.2) is 17.0 Å². The lowest BCUT2D eigenvalue weighted by molar-refractivity contribution is 0.563. The first kappa shape index (κ1) is 15.4. The molecule has 0 radical (unpaired) electrons. The highest BCUT2D eigenvalue weighted by molar-refractivity contribution is 9.10. The maximum absolute atomic E-state index is 6.24. The van der Waals surface area contributed by atoms with E-state index >= 15 is 0 Å². The van der Waals surface area contributed by atoms with E-state index in [0.717, 1.165) is 28.8 Å². The monoisotopic (exact) mass is 356 g/mol. The maximum atomic E-state index is 6.24. The Morgan fingerprint density at radius 3 is 2.60 bits per heavy atom. The molecule has 0 fully saturated rings. The van der Waals surface area contributed by atoms with E-state index < -0.39 is 0 Å². The molecule has 2 aromatic rings. The number of halogens is 2. The summed E-state index contributed by atoms with van der Waals surface area (Å²) in [6.07, 6.45) is 4.61. The lowest BCUT2D eigenvalue weighted by atomic mass is 9.92. The minimum atomic E-state index is -0.115. The van der Waals surface area contributed by atoms with Crippen molar-refractivity contribution in [2.45, 2.75) is 46.1 Å². The Kier molecular flexibility index (Phi) is 4.49. The highest BCUT2D eigenvalue weighted by Gasteiger charge is 2.23. The van der Waals surface area contributed by atoms with Crippen LogP contribution >= 0.6 is 27.5 Å². The Labute approximate surface area is 132 Å². The van der Waals surface area contributed by atoms with Gasteiger partial charge < -0.3 is 4.57 Å². The average Bonchev–Trinajstić information content (AvgIpc) is 2.79. The molecule has 6 heteroatoms. The molecule has 2 aromatic heterocycles. The van der Waals surface area contributed by atoms with Crippen molar-refractivity contribution in [3.8, 4) is 11.5 Å². The van der Waals surface area contributed by atoms with Gasteiger partial charge in [0.05, 0.1) is 22.7 Å². The predicted octanol–water partition coefficient (Wildman–Crippen LogP) is 4.46. The molecule has 0 saturated carbocycles. The summed E-state index contributed by atoms with van der Waals surface area (Å²) < 4.78 is 2.81. The predicted molar refractivity (Wildman–Crippen MR) is 85.0 cm³/mol. The van der Waals surface area contributed by atoms with Gasteiger partial charge >= 0.3 is 0 Å². The normalized spacial score (nSPS) is 11.9. The molecule has 4 nitrogen and oxygen atoms in total. The Morgan fingerprint density at radius 2 is 2.00 bits per heavy atom. The van der Waals surface area contributed by atoms with Gasteiger partial charge in [0.25, 0.3) is 0 Å². The van der Waals surface area contributed by atoms with Gasteiger partial charge in [0.1, 0.15) is 10.8 Å². The number of nitrogens with zero attached hydrogens (tertiary/aromatic N) is 4. The molecular formula is C14H18BrClN4. The number of aromatic nitrogens is 4. The molecule has 0 amide bonds. The van der Waals surface area contributed by atoms with Crippen LogP contribution in [0.2, 0.25) is 5.15 Å². The Hall–Kier alpha value is -0.940. The number of hydrogen-bond acceptors (Lipinski definition) is 3. The third kappa shape index (κ3) is 3.04. The van der Waals surface area contributed by atoms with E-state index in [9.17, 15) is 0 Å². The fourth-order valence-electron chi connectivity index (χ4n) is 1.96. The third-order valence-corrected chi connectivity index (χ3v) is 4.18. The van der Waals surface area contributed by atoms with Gasteiger partial charge in [-0.2, -0.15) is 0 Å². The smallest absolute Gasteiger partial charge is 0.179 e. The summed E-state index contributed by atoms with van der Waals surface area (Å²) in [5.74, 6) is 0.620. The first-order valence-corrected chi connectivity index (χ1v) is 7.75. The van der Waals surface area contributed by atoms with Gasteiger partial charge in [-0.15, -0.1) is 0 Å². The summed E-state index contributed by atoms with van der Waals surface area (Å²) in [6.45, 7) is 9.31. The second kappa shape index (κ2) is 5.82. The van der Waals surface area contributed by atoms with E-state index in [2.05, 4.69) is 58.6 Å². The Bertz CT molecular complexity index is 616. The lowest BCUT2D eigenvalue weighted by Crippen LogP contribution is -2.16. The number of rotatable bonds is 3. The van der Waals surface area contributed by atoms with E-state index in [1.165, 1.54) is 0 Å². The molecular weight excluding hydrogens is 340 g/mol. The molecule has 0 aliphatic carbocycles. The van der Waals surface area contributed by atoms with Crippen LogP contribution in [0.25, 0.3) is 11.5 Å². The molecule has 0 N–H and O–H groups in total. The quantitative estimate of drug-likeness (QED) is 0.762. The van der Waals surface area contributed by atoms with Crippen LogP contribution in [0.4, 0.5) is 0 Å². The van der Waals surface area contributed by atoms with Crippen molar-refractivity contribution in [2.75, 3.05) is 0 Å². The summed E-state index contributed by atoms with van der Waals surface area (Å²) in [5, 5.41) is 0.434. The molecule has 2 rings (SSSR count). The van der Waals surface area contributed by atoms with Crippen LogP contribution in [-0.4, -0.2) is 19.5 Å². The first-order valence-electron chi connectivity index (χ1n) is 6.58. The van der Waals surface area contributed by atoms with Crippen molar-refractivity contribution in [2.24, 2.45) is 0 Å². The van der Waals surface area contributed by atoms with E-state index in [1.807, 2.05) is 4.57 Å². The molecule has 0 unspecified atom stereocenters. The average molecular weight is 358 g/mol. The first-order chi connectivity index (χ1) is 9.34. The minimum Gasteiger partial charge on any atom is -0.328 e. The van der Waals surface area contributed by atoms with Crippen molar-refractivity contribution in [1.82, 2.24) is 19.5 Å². The molecule has 20 heavy (non-hydrogen) atoms. The molecule has 0 aromatic carbocycles. The van der Waals surface area contributed by atoms with Gasteiger partial charge in [0.15, 0.2) is 5.82 Å². The zero-order chi connectivity index (χ0) is 14.9. The van der Waals surface area contributed by atoms with Crippen LogP contribution in [0, 0.1) is 0 Å². The van der Waals surface area contributed by atoms with Crippen molar-refractivity contribution >= 4 is 27.5 Å². The van der Waals surface area contributed by atoms with Crippen LogP contribution in [0.3, 0.4) is 0 Å². The molecule has 0 aliphatic heterocycles. The number of imidazole rings is 1. The highest BCUT2D eigenvalue weighted by atomic mass is 79.9. The summed E-state index contributed by atoms with van der Waals surface area (Å²) >= 11 is 9.73. The Morgan fingerprint density at radius 1 is 1.30 bits per heavy atom. The summed E-state index contributed by atoms with van der Waals surface area (Å²) in [6, 6.07) is 0. The van der Waals surface area contributed by atoms with Gasteiger partial charge in [-0.3, -0.25) is 0 Å². The SMILES string of the molecule is CCCn1cncc1-c1nc(Cl)c(Br)c(C(C)(C)C)n1. The van der Waals surface area contributed by atoms with Crippen LogP contribution in [0.1, 0.15) is 39.8 Å². The molecule has 2 heterocycles. The van der Waals surface area contributed by atoms with Crippen LogP contribution in [0.5, 0.6) is 0 Å². The fraction of sp³-hybridized carbons (Fsp3) is 0.500. The van der Waals surface area contributed by atoms with E-state index in [1.54, 1.807) is 12.5 Å². The number of hydrogen-bond donors (Lipinski definition) is 0. The second-order valence-electron chi connectivity index (χ2n) is 5.72. The maximum Gasteiger partial charge on any atom is 0.179 e. The molecule has 0 saturated heterocycles. The van der Waals surface area contributed by atoms with Crippen molar-refractivity contribution in [3.05, 3.63) is 27.8 Å². The molecule has 108 valence electrons. The van der Waals surface area contributed by atoms with E-state index in [-0.39, 0.29) is 5.41 Å². The van der Waals surface area contributed by atoms with Crippen molar-refractivity contribution in [1.29, 1.82) is 0 Å². The molecule has 0 spiro atoms. The van der Waals surface area contributed by atoms with Crippen LogP contribution in [-0.2, 0) is 12.0 Å². The van der Waals surface area contributed by atoms with E-state index in [4.69, 9.17) is 11.6 Å². The van der Waals surface area contributed by atoms with Gasteiger partial charge in [-0.05, 0) is 22.4 Å². The minimum absolute atomic E-state index is 0.115. The highest BCUT2D eigenvalue weighted by Crippen LogP contribution is 2.34. The van der Waals surface area contributed by atoms with Gasteiger partial charge in [-0.25, -0.2) is 15.0 Å². The second-order valence-corrected chi connectivity index (χ2v) is 6.87.